The monoisotopic (exact) mass is 480 g/mol. The zero-order valence-corrected chi connectivity index (χ0v) is 21.5. The Labute approximate surface area is 205 Å². The van der Waals surface area contributed by atoms with E-state index in [4.69, 9.17) is 15.0 Å². The molecular weight excluding hydrogens is 444 g/mol. The predicted molar refractivity (Wildman–Crippen MR) is 139 cm³/mol. The summed E-state index contributed by atoms with van der Waals surface area (Å²) in [5.41, 5.74) is 3.19. The van der Waals surface area contributed by atoms with E-state index >= 15 is 0 Å². The fourth-order valence-electron chi connectivity index (χ4n) is 5.33. The van der Waals surface area contributed by atoms with Gasteiger partial charge in [0.25, 0.3) is 0 Å². The number of hydrogen-bond acceptors (Lipinski definition) is 8. The van der Waals surface area contributed by atoms with Crippen LogP contribution in [0.3, 0.4) is 0 Å². The first-order chi connectivity index (χ1) is 16.2. The van der Waals surface area contributed by atoms with Gasteiger partial charge in [0.05, 0.1) is 27.3 Å². The Hall–Kier alpha value is -2.32. The Bertz CT molecular complexity index is 1170. The molecule has 2 saturated carbocycles. The Morgan fingerprint density at radius 1 is 1.06 bits per heavy atom. The topological polar surface area (TPSA) is 95.9 Å². The normalized spacial score (nSPS) is 21.1. The number of rotatable bonds is 8. The number of hydrogen-bond donors (Lipinski definition) is 3. The van der Waals surface area contributed by atoms with Gasteiger partial charge in [-0.1, -0.05) is 6.42 Å². The molecule has 0 aromatic carbocycles. The number of nitrogens with one attached hydrogen (secondary N) is 2. The van der Waals surface area contributed by atoms with Crippen LogP contribution in [0, 0.1) is 25.7 Å². The zero-order chi connectivity index (χ0) is 23.9. The second-order valence-electron chi connectivity index (χ2n) is 10.8. The molecule has 0 aliphatic heterocycles. The van der Waals surface area contributed by atoms with Crippen molar-refractivity contribution in [2.45, 2.75) is 84.3 Å². The van der Waals surface area contributed by atoms with E-state index in [-0.39, 0.29) is 0 Å². The van der Waals surface area contributed by atoms with Crippen molar-refractivity contribution >= 4 is 33.3 Å². The van der Waals surface area contributed by atoms with Crippen molar-refractivity contribution in [1.29, 1.82) is 0 Å². The number of anilines is 2. The molecule has 2 aliphatic rings. The summed E-state index contributed by atoms with van der Waals surface area (Å²) in [7, 11) is 0. The second-order valence-corrected chi connectivity index (χ2v) is 11.9. The maximum Gasteiger partial charge on any atom is 0.224 e. The fraction of sp³-hybridized carbons (Fsp3) is 0.615. The number of pyridine rings is 1. The van der Waals surface area contributed by atoms with Crippen molar-refractivity contribution in [2.24, 2.45) is 11.8 Å². The third kappa shape index (κ3) is 5.18. The lowest BCUT2D eigenvalue weighted by Crippen LogP contribution is -2.24. The molecule has 182 valence electrons. The number of fused-ring (bicyclic) bond motifs is 1. The van der Waals surface area contributed by atoms with Gasteiger partial charge >= 0.3 is 0 Å². The number of aryl methyl sites for hydroxylation is 2. The highest BCUT2D eigenvalue weighted by Crippen LogP contribution is 2.39. The molecule has 0 saturated heterocycles. The second kappa shape index (κ2) is 9.38. The fourth-order valence-corrected chi connectivity index (χ4v) is 6.44. The molecule has 3 heterocycles. The Morgan fingerprint density at radius 2 is 1.88 bits per heavy atom. The van der Waals surface area contributed by atoms with Gasteiger partial charge in [0.2, 0.25) is 5.95 Å². The molecule has 7 nitrogen and oxygen atoms in total. The Balaban J connectivity index is 1.45. The molecular formula is C26H36N6OS. The van der Waals surface area contributed by atoms with Gasteiger partial charge in [-0.2, -0.15) is 4.98 Å². The van der Waals surface area contributed by atoms with E-state index in [1.165, 1.54) is 19.3 Å². The van der Waals surface area contributed by atoms with Crippen molar-refractivity contribution in [3.05, 3.63) is 23.7 Å². The van der Waals surface area contributed by atoms with Gasteiger partial charge in [0, 0.05) is 18.8 Å². The van der Waals surface area contributed by atoms with Gasteiger partial charge in [-0.3, -0.25) is 4.98 Å². The van der Waals surface area contributed by atoms with E-state index in [2.05, 4.69) is 22.5 Å². The Morgan fingerprint density at radius 3 is 2.59 bits per heavy atom. The van der Waals surface area contributed by atoms with Crippen LogP contribution in [0.25, 0.3) is 20.8 Å². The molecule has 8 heteroatoms. The summed E-state index contributed by atoms with van der Waals surface area (Å²) in [4.78, 5) is 19.2. The average Bonchev–Trinajstić information content (AvgIpc) is 3.33. The smallest absolute Gasteiger partial charge is 0.224 e. The van der Waals surface area contributed by atoms with Gasteiger partial charge in [0.15, 0.2) is 0 Å². The number of aliphatic hydroxyl groups is 1. The molecule has 0 unspecified atom stereocenters. The minimum absolute atomic E-state index is 0.331. The number of thiazole rings is 1. The molecule has 3 aromatic heterocycles. The summed E-state index contributed by atoms with van der Waals surface area (Å²) in [6.45, 7) is 8.80. The largest absolute Gasteiger partial charge is 0.390 e. The van der Waals surface area contributed by atoms with Gasteiger partial charge in [-0.15, -0.1) is 11.3 Å². The van der Waals surface area contributed by atoms with E-state index in [9.17, 15) is 5.11 Å². The summed E-state index contributed by atoms with van der Waals surface area (Å²) >= 11 is 1.67. The van der Waals surface area contributed by atoms with Crippen LogP contribution in [0.5, 0.6) is 0 Å². The maximum absolute atomic E-state index is 10.3. The summed E-state index contributed by atoms with van der Waals surface area (Å²) < 4.78 is 1.13. The average molecular weight is 481 g/mol. The van der Waals surface area contributed by atoms with Crippen LogP contribution in [0.4, 0.5) is 11.8 Å². The van der Waals surface area contributed by atoms with Crippen LogP contribution >= 0.6 is 11.3 Å². The van der Waals surface area contributed by atoms with Crippen LogP contribution in [0.1, 0.15) is 70.2 Å². The number of nitrogens with zero attached hydrogens (tertiary/aromatic N) is 4. The predicted octanol–water partition coefficient (Wildman–Crippen LogP) is 5.72. The van der Waals surface area contributed by atoms with Gasteiger partial charge in [-0.25, -0.2) is 9.97 Å². The van der Waals surface area contributed by atoms with Crippen molar-refractivity contribution in [2.75, 3.05) is 17.2 Å². The first-order valence-corrected chi connectivity index (χ1v) is 13.4. The maximum atomic E-state index is 10.3. The minimum Gasteiger partial charge on any atom is -0.390 e. The van der Waals surface area contributed by atoms with Crippen molar-refractivity contribution < 1.29 is 5.11 Å². The van der Waals surface area contributed by atoms with Crippen molar-refractivity contribution in [3.8, 4) is 10.6 Å². The van der Waals surface area contributed by atoms with Crippen LogP contribution in [-0.4, -0.2) is 43.2 Å². The van der Waals surface area contributed by atoms with Gasteiger partial charge < -0.3 is 15.7 Å². The van der Waals surface area contributed by atoms with Crippen LogP contribution < -0.4 is 10.6 Å². The lowest BCUT2D eigenvalue weighted by molar-refractivity contribution is 0.0534. The molecule has 2 aliphatic carbocycles. The van der Waals surface area contributed by atoms with E-state index in [0.29, 0.717) is 17.9 Å². The first kappa shape index (κ1) is 23.4. The zero-order valence-electron chi connectivity index (χ0n) is 20.7. The van der Waals surface area contributed by atoms with Crippen LogP contribution in [0.15, 0.2) is 12.3 Å². The SMILES string of the molecule is Cc1nc(NCC2CCC2)nc(N[C@H]2CC[C@@H](CC(C)(C)O)C2)c1-c1nc2c(C)nccc2s1. The van der Waals surface area contributed by atoms with Gasteiger partial charge in [-0.05, 0) is 84.1 Å². The minimum atomic E-state index is -0.623. The van der Waals surface area contributed by atoms with Crippen molar-refractivity contribution in [1.82, 2.24) is 19.9 Å². The lowest BCUT2D eigenvalue weighted by atomic mass is 9.85. The van der Waals surface area contributed by atoms with Crippen LogP contribution in [0.2, 0.25) is 0 Å². The van der Waals surface area contributed by atoms with E-state index in [1.807, 2.05) is 33.0 Å². The third-order valence-electron chi connectivity index (χ3n) is 7.24. The molecule has 2 atom stereocenters. The van der Waals surface area contributed by atoms with E-state index < -0.39 is 5.60 Å². The van der Waals surface area contributed by atoms with Crippen LogP contribution in [-0.2, 0) is 0 Å². The molecule has 3 N–H and O–H groups in total. The lowest BCUT2D eigenvalue weighted by Gasteiger charge is -2.26. The van der Waals surface area contributed by atoms with Crippen molar-refractivity contribution in [3.63, 3.8) is 0 Å². The Kier molecular flexibility index (Phi) is 6.46. The summed E-state index contributed by atoms with van der Waals surface area (Å²) in [6.07, 6.45) is 9.84. The molecule has 0 bridgehead atoms. The molecule has 3 aromatic rings. The molecule has 5 rings (SSSR count). The summed E-state index contributed by atoms with van der Waals surface area (Å²) in [5.74, 6) is 2.82. The van der Waals surface area contributed by atoms with E-state index in [0.717, 1.165) is 76.1 Å². The molecule has 0 radical (unpaired) electrons. The van der Waals surface area contributed by atoms with Gasteiger partial charge in [0.1, 0.15) is 16.3 Å². The highest BCUT2D eigenvalue weighted by molar-refractivity contribution is 7.21. The number of aromatic nitrogens is 4. The first-order valence-electron chi connectivity index (χ1n) is 12.6. The molecule has 0 spiro atoms. The molecule has 2 fully saturated rings. The summed E-state index contributed by atoms with van der Waals surface area (Å²) in [5, 5.41) is 18.5. The molecule has 34 heavy (non-hydrogen) atoms. The molecule has 0 amide bonds. The van der Waals surface area contributed by atoms with E-state index in [1.54, 1.807) is 11.3 Å². The third-order valence-corrected chi connectivity index (χ3v) is 8.28. The summed E-state index contributed by atoms with van der Waals surface area (Å²) in [6, 6.07) is 2.36. The highest BCUT2D eigenvalue weighted by atomic mass is 32.1. The highest BCUT2D eigenvalue weighted by Gasteiger charge is 2.30. The standard InChI is InChI=1S/C26H36N6OS/c1-15-21(24-31-22-16(2)27-11-10-20(22)34-24)23(32-25(29-15)28-14-17-6-5-7-17)30-19-9-8-18(12-19)13-26(3,4)33/h10-11,17-19,33H,5-9,12-14H2,1-4H3,(H2,28,29,30,32)/t18-,19+/m1/s1. The quantitative estimate of drug-likeness (QED) is 0.379.